The van der Waals surface area contributed by atoms with E-state index in [2.05, 4.69) is 5.16 Å². The number of para-hydroxylation sites is 1. The number of aromatic nitrogens is 2. The van der Waals surface area contributed by atoms with Crippen LogP contribution >= 0.6 is 11.3 Å². The van der Waals surface area contributed by atoms with E-state index >= 15 is 0 Å². The van der Waals surface area contributed by atoms with Gasteiger partial charge >= 0.3 is 5.69 Å². The third-order valence-electron chi connectivity index (χ3n) is 5.18. The lowest BCUT2D eigenvalue weighted by Crippen LogP contribution is -2.51. The van der Waals surface area contributed by atoms with Gasteiger partial charge in [0.25, 0.3) is 5.56 Å². The highest BCUT2D eigenvalue weighted by atomic mass is 32.1. The third-order valence-corrected chi connectivity index (χ3v) is 6.04. The average molecular weight is 527 g/mol. The molecule has 0 aliphatic carbocycles. The van der Waals surface area contributed by atoms with Crippen molar-refractivity contribution >= 4 is 29.0 Å². The molecule has 0 bridgehead atoms. The Morgan fingerprint density at radius 1 is 1.08 bits per heavy atom. The maximum atomic E-state index is 13.7. The summed E-state index contributed by atoms with van der Waals surface area (Å²) in [6.07, 6.45) is 2.68. The van der Waals surface area contributed by atoms with E-state index in [-0.39, 0.29) is 17.8 Å². The molecular formula is C27H34N4O5S. The molecule has 0 N–H and O–H groups in total. The molecule has 9 nitrogen and oxygen atoms in total. The molecule has 0 amide bonds. The van der Waals surface area contributed by atoms with Crippen molar-refractivity contribution in [2.24, 2.45) is 5.16 Å². The summed E-state index contributed by atoms with van der Waals surface area (Å²) in [6.45, 7) is 9.53. The van der Waals surface area contributed by atoms with E-state index in [1.165, 1.54) is 10.8 Å². The number of methoxy groups -OCH3 is 1. The predicted octanol–water partition coefficient (Wildman–Crippen LogP) is 4.38. The standard InChI is InChI=1S/C27H34N4O5S/c1-18(2)35-25(22-12-8-9-13-24(22)34-7)17-30-16-23(20(5)28-36-19(3)4)26(32)31(27(30)33)29(6)15-21-11-10-14-37-21/h8-14,16-19H,15H2,1-7H3/b25-17-,28-20+. The molecular weight excluding hydrogens is 492 g/mol. The lowest BCUT2D eigenvalue weighted by Gasteiger charge is -2.22. The molecule has 0 saturated heterocycles. The van der Waals surface area contributed by atoms with Crippen LogP contribution in [0.25, 0.3) is 12.0 Å². The fraction of sp³-hybridized carbons (Fsp3) is 0.370. The van der Waals surface area contributed by atoms with Crippen LogP contribution in [0.4, 0.5) is 0 Å². The number of rotatable bonds is 11. The van der Waals surface area contributed by atoms with Crippen molar-refractivity contribution in [3.63, 3.8) is 0 Å². The molecule has 0 saturated carbocycles. The summed E-state index contributed by atoms with van der Waals surface area (Å²) < 4.78 is 14.1. The fourth-order valence-electron chi connectivity index (χ4n) is 3.53. The van der Waals surface area contributed by atoms with Gasteiger partial charge in [0.05, 0.1) is 42.8 Å². The number of hydrogen-bond acceptors (Lipinski definition) is 8. The number of ether oxygens (including phenoxy) is 2. The summed E-state index contributed by atoms with van der Waals surface area (Å²) in [5.74, 6) is 1.01. The Hall–Kier alpha value is -3.79. The quantitative estimate of drug-likeness (QED) is 0.209. The van der Waals surface area contributed by atoms with Crippen LogP contribution in [0.1, 0.15) is 50.6 Å². The van der Waals surface area contributed by atoms with Gasteiger partial charge in [0.1, 0.15) is 17.6 Å². The normalized spacial score (nSPS) is 12.2. The minimum Gasteiger partial charge on any atom is -0.496 e. The van der Waals surface area contributed by atoms with Gasteiger partial charge in [0, 0.05) is 18.1 Å². The zero-order valence-electron chi connectivity index (χ0n) is 22.3. The van der Waals surface area contributed by atoms with Crippen molar-refractivity contribution < 1.29 is 14.3 Å². The molecule has 0 atom stereocenters. The molecule has 0 fully saturated rings. The summed E-state index contributed by atoms with van der Waals surface area (Å²) in [5, 5.41) is 7.66. The molecule has 0 radical (unpaired) electrons. The number of nitrogens with zero attached hydrogens (tertiary/aromatic N) is 4. The van der Waals surface area contributed by atoms with Gasteiger partial charge in [0.15, 0.2) is 0 Å². The van der Waals surface area contributed by atoms with E-state index in [0.29, 0.717) is 29.3 Å². The maximum Gasteiger partial charge on any atom is 0.354 e. The van der Waals surface area contributed by atoms with E-state index in [0.717, 1.165) is 9.55 Å². The Kier molecular flexibility index (Phi) is 9.35. The predicted molar refractivity (Wildman–Crippen MR) is 149 cm³/mol. The van der Waals surface area contributed by atoms with E-state index in [9.17, 15) is 9.59 Å². The Morgan fingerprint density at radius 3 is 2.43 bits per heavy atom. The highest BCUT2D eigenvalue weighted by molar-refractivity contribution is 7.09. The second-order valence-corrected chi connectivity index (χ2v) is 9.97. The second kappa shape index (κ2) is 12.4. The molecule has 0 unspecified atom stereocenters. The summed E-state index contributed by atoms with van der Waals surface area (Å²) in [6, 6.07) is 11.3. The Morgan fingerprint density at radius 2 is 1.81 bits per heavy atom. The summed E-state index contributed by atoms with van der Waals surface area (Å²) >= 11 is 1.55. The van der Waals surface area contributed by atoms with Crippen LogP contribution in [0.5, 0.6) is 5.75 Å². The van der Waals surface area contributed by atoms with Crippen LogP contribution in [0, 0.1) is 0 Å². The van der Waals surface area contributed by atoms with Gasteiger partial charge in [-0.05, 0) is 58.2 Å². The van der Waals surface area contributed by atoms with Crippen LogP contribution in [0.3, 0.4) is 0 Å². The summed E-state index contributed by atoms with van der Waals surface area (Å²) in [4.78, 5) is 33.6. The maximum absolute atomic E-state index is 13.7. The second-order valence-electron chi connectivity index (χ2n) is 8.94. The highest BCUT2D eigenvalue weighted by Gasteiger charge is 2.19. The van der Waals surface area contributed by atoms with Crippen molar-refractivity contribution in [3.05, 3.63) is 84.8 Å². The molecule has 0 aliphatic rings. The van der Waals surface area contributed by atoms with Crippen LogP contribution in [-0.2, 0) is 16.1 Å². The zero-order valence-corrected chi connectivity index (χ0v) is 23.1. The number of benzene rings is 1. The lowest BCUT2D eigenvalue weighted by atomic mass is 10.1. The molecule has 3 aromatic rings. The largest absolute Gasteiger partial charge is 0.496 e. The van der Waals surface area contributed by atoms with Gasteiger partial charge in [-0.15, -0.1) is 11.3 Å². The lowest BCUT2D eigenvalue weighted by molar-refractivity contribution is 0.0860. The molecule has 198 valence electrons. The van der Waals surface area contributed by atoms with E-state index in [1.807, 2.05) is 69.5 Å². The SMILES string of the molecule is COc1ccccc1/C(=C/n1cc(/C(C)=N/OC(C)C)c(=O)n(N(C)Cc2cccs2)c1=O)OC(C)C. The first-order chi connectivity index (χ1) is 17.6. The van der Waals surface area contributed by atoms with Crippen LogP contribution in [-0.4, -0.2) is 41.3 Å². The molecule has 0 spiro atoms. The van der Waals surface area contributed by atoms with Gasteiger partial charge in [-0.2, -0.15) is 4.68 Å². The van der Waals surface area contributed by atoms with Gasteiger partial charge in [-0.3, -0.25) is 9.36 Å². The van der Waals surface area contributed by atoms with Crippen molar-refractivity contribution in [2.75, 3.05) is 19.2 Å². The Balaban J connectivity index is 2.26. The van der Waals surface area contributed by atoms with Gasteiger partial charge in [-0.1, -0.05) is 23.4 Å². The number of oxime groups is 1. The van der Waals surface area contributed by atoms with E-state index in [1.54, 1.807) is 43.6 Å². The van der Waals surface area contributed by atoms with Crippen molar-refractivity contribution in [1.82, 2.24) is 9.24 Å². The molecule has 3 rings (SSSR count). The monoisotopic (exact) mass is 526 g/mol. The van der Waals surface area contributed by atoms with Gasteiger partial charge < -0.3 is 19.3 Å². The van der Waals surface area contributed by atoms with Crippen molar-refractivity contribution in [1.29, 1.82) is 0 Å². The molecule has 10 heteroatoms. The number of thiophene rings is 1. The van der Waals surface area contributed by atoms with Crippen molar-refractivity contribution in [3.8, 4) is 5.75 Å². The molecule has 2 aromatic heterocycles. The van der Waals surface area contributed by atoms with Crippen LogP contribution in [0.2, 0.25) is 0 Å². The molecule has 1 aromatic carbocycles. The summed E-state index contributed by atoms with van der Waals surface area (Å²) in [7, 11) is 3.27. The smallest absolute Gasteiger partial charge is 0.354 e. The molecule has 37 heavy (non-hydrogen) atoms. The third kappa shape index (κ3) is 6.91. The minimum absolute atomic E-state index is 0.166. The molecule has 0 aliphatic heterocycles. The van der Waals surface area contributed by atoms with E-state index in [4.69, 9.17) is 14.3 Å². The Bertz CT molecular complexity index is 1370. The van der Waals surface area contributed by atoms with Gasteiger partial charge in [-0.25, -0.2) is 4.79 Å². The zero-order chi connectivity index (χ0) is 27.1. The van der Waals surface area contributed by atoms with Crippen molar-refractivity contribution in [2.45, 2.75) is 53.4 Å². The average Bonchev–Trinajstić information content (AvgIpc) is 3.36. The molecule has 2 heterocycles. The van der Waals surface area contributed by atoms with Crippen LogP contribution < -0.4 is 21.0 Å². The van der Waals surface area contributed by atoms with E-state index < -0.39 is 11.2 Å². The first kappa shape index (κ1) is 27.8. The Labute approximate surface area is 220 Å². The van der Waals surface area contributed by atoms with Crippen LogP contribution in [0.15, 0.2) is 62.7 Å². The van der Waals surface area contributed by atoms with Gasteiger partial charge in [0.2, 0.25) is 0 Å². The fourth-order valence-corrected chi connectivity index (χ4v) is 4.28. The summed E-state index contributed by atoms with van der Waals surface area (Å²) in [5.41, 5.74) is 0.197. The first-order valence-electron chi connectivity index (χ1n) is 12.0. The minimum atomic E-state index is -0.551. The number of hydrogen-bond donors (Lipinski definition) is 0. The first-order valence-corrected chi connectivity index (χ1v) is 12.8. The topological polar surface area (TPSA) is 87.3 Å². The highest BCUT2D eigenvalue weighted by Crippen LogP contribution is 2.28.